The van der Waals surface area contributed by atoms with Gasteiger partial charge in [-0.15, -0.1) is 11.3 Å². The van der Waals surface area contributed by atoms with Crippen LogP contribution in [0.15, 0.2) is 30.5 Å². The highest BCUT2D eigenvalue weighted by Crippen LogP contribution is 2.21. The smallest absolute Gasteiger partial charge is 0.261 e. The zero-order chi connectivity index (χ0) is 13.8. The third kappa shape index (κ3) is 3.52. The summed E-state index contributed by atoms with van der Waals surface area (Å²) in [5, 5.41) is 12.3. The maximum Gasteiger partial charge on any atom is 0.261 e. The number of thiazole rings is 1. The van der Waals surface area contributed by atoms with Gasteiger partial charge in [0.1, 0.15) is 16.5 Å². The van der Waals surface area contributed by atoms with E-state index in [4.69, 9.17) is 0 Å². The van der Waals surface area contributed by atoms with Crippen molar-refractivity contribution < 1.29 is 18.3 Å². The van der Waals surface area contributed by atoms with Crippen molar-refractivity contribution in [3.05, 3.63) is 40.9 Å². The molecule has 1 amide bonds. The molecule has 0 aliphatic heterocycles. The second kappa shape index (κ2) is 5.81. The van der Waals surface area contributed by atoms with Crippen LogP contribution < -0.4 is 5.32 Å². The number of nitrogens with one attached hydrogen (secondary N) is 1. The number of aromatic hydroxyl groups is 1. The van der Waals surface area contributed by atoms with E-state index in [1.165, 1.54) is 18.3 Å². The van der Waals surface area contributed by atoms with Crippen LogP contribution in [0.5, 0.6) is 5.75 Å². The van der Waals surface area contributed by atoms with Crippen LogP contribution in [0.1, 0.15) is 15.2 Å². The molecule has 1 heterocycles. The molecule has 0 spiro atoms. The summed E-state index contributed by atoms with van der Waals surface area (Å²) in [6.07, 6.45) is 1.40. The summed E-state index contributed by atoms with van der Waals surface area (Å²) in [7, 11) is -2.52. The van der Waals surface area contributed by atoms with Crippen LogP contribution in [0.2, 0.25) is 0 Å². The van der Waals surface area contributed by atoms with Gasteiger partial charge in [0, 0.05) is 11.1 Å². The summed E-state index contributed by atoms with van der Waals surface area (Å²) in [5.74, 6) is -0.718. The van der Waals surface area contributed by atoms with Crippen LogP contribution >= 0.6 is 11.3 Å². The second-order valence-corrected chi connectivity index (χ2v) is 5.69. The topological polar surface area (TPSA) is 96.4 Å². The quantitative estimate of drug-likeness (QED) is 0.737. The van der Waals surface area contributed by atoms with E-state index in [2.05, 4.69) is 10.3 Å². The lowest BCUT2D eigenvalue weighted by atomic mass is 10.2. The number of carbonyl (C=O) groups excluding carboxylic acids is 1. The Kier molecular flexibility index (Phi) is 4.13. The first kappa shape index (κ1) is 13.5. The first-order chi connectivity index (χ1) is 9.06. The minimum atomic E-state index is -2.52. The molecular formula is C11H10N2O4S2. The van der Waals surface area contributed by atoms with Gasteiger partial charge in [-0.05, 0) is 12.1 Å². The molecule has 1 aromatic carbocycles. The molecular weight excluding hydrogens is 288 g/mol. The number of rotatable bonds is 4. The molecule has 0 unspecified atom stereocenters. The maximum atomic E-state index is 11.8. The van der Waals surface area contributed by atoms with Crippen molar-refractivity contribution in [2.24, 2.45) is 0 Å². The molecule has 2 N–H and O–H groups in total. The first-order valence-corrected chi connectivity index (χ1v) is 7.40. The zero-order valence-electron chi connectivity index (χ0n) is 9.57. The highest BCUT2D eigenvalue weighted by atomic mass is 32.2. The first-order valence-electron chi connectivity index (χ1n) is 5.22. The average Bonchev–Trinajstić information content (AvgIpc) is 2.76. The number of hydrogen-bond acceptors (Lipinski definition) is 6. The van der Waals surface area contributed by atoms with Crippen molar-refractivity contribution in [1.29, 1.82) is 0 Å². The molecule has 0 bridgehead atoms. The van der Waals surface area contributed by atoms with Gasteiger partial charge in [0.15, 0.2) is 5.13 Å². The third-order valence-electron chi connectivity index (χ3n) is 2.21. The minimum absolute atomic E-state index is 0.0978. The van der Waals surface area contributed by atoms with E-state index < -0.39 is 16.6 Å². The van der Waals surface area contributed by atoms with Crippen molar-refractivity contribution in [2.45, 2.75) is 5.75 Å². The number of aromatic nitrogens is 1. The summed E-state index contributed by atoms with van der Waals surface area (Å²) in [4.78, 5) is 16.3. The van der Waals surface area contributed by atoms with E-state index in [1.807, 2.05) is 0 Å². The van der Waals surface area contributed by atoms with Gasteiger partial charge in [-0.1, -0.05) is 12.1 Å². The molecule has 0 saturated heterocycles. The van der Waals surface area contributed by atoms with E-state index >= 15 is 0 Å². The molecule has 1 aromatic heterocycles. The van der Waals surface area contributed by atoms with Gasteiger partial charge in [-0.25, -0.2) is 13.4 Å². The number of nitrogens with zero attached hydrogens (tertiary/aromatic N) is 1. The van der Waals surface area contributed by atoms with Crippen molar-refractivity contribution in [2.75, 3.05) is 5.32 Å². The fraction of sp³-hybridized carbons (Fsp3) is 0.0909. The van der Waals surface area contributed by atoms with Gasteiger partial charge in [0.05, 0.1) is 11.3 Å². The summed E-state index contributed by atoms with van der Waals surface area (Å²) in [5.41, 5.74) is 0.133. The molecule has 0 atom stereocenters. The summed E-state index contributed by atoms with van der Waals surface area (Å²) in [6, 6.07) is 6.13. The third-order valence-corrected chi connectivity index (χ3v) is 3.93. The van der Waals surface area contributed by atoms with E-state index in [0.29, 0.717) is 10.0 Å². The van der Waals surface area contributed by atoms with Crippen LogP contribution in [0.4, 0.5) is 5.13 Å². The standard InChI is InChI=1S/C11H10N2O4S2/c14-9-4-2-1-3-8(9)10(15)13-11-12-5-7(18-11)6-19(16)17/h1-5,14,19H,6H2,(H,12,13,15). The number of phenolic OH excluding ortho intramolecular Hbond substituents is 1. The van der Waals surface area contributed by atoms with Crippen molar-refractivity contribution in [3.63, 3.8) is 0 Å². The maximum absolute atomic E-state index is 11.8. The number of benzene rings is 1. The Labute approximate surface area is 114 Å². The van der Waals surface area contributed by atoms with Gasteiger partial charge in [-0.3, -0.25) is 10.1 Å². The normalized spacial score (nSPS) is 10.6. The number of phenols is 1. The summed E-state index contributed by atoms with van der Waals surface area (Å²) >= 11 is 1.08. The van der Waals surface area contributed by atoms with E-state index in [-0.39, 0.29) is 17.1 Å². The Hall–Kier alpha value is -1.93. The Morgan fingerprint density at radius 3 is 2.79 bits per heavy atom. The Morgan fingerprint density at radius 1 is 1.37 bits per heavy atom. The van der Waals surface area contributed by atoms with E-state index in [9.17, 15) is 18.3 Å². The highest BCUT2D eigenvalue weighted by molar-refractivity contribution is 7.71. The lowest BCUT2D eigenvalue weighted by Gasteiger charge is -2.03. The van der Waals surface area contributed by atoms with Crippen LogP contribution in [-0.2, 0) is 16.5 Å². The Balaban J connectivity index is 2.11. The molecule has 2 aromatic rings. The molecule has 100 valence electrons. The molecule has 8 heteroatoms. The van der Waals surface area contributed by atoms with Crippen molar-refractivity contribution >= 4 is 33.1 Å². The summed E-state index contributed by atoms with van der Waals surface area (Å²) in [6.45, 7) is 0. The number of thiol groups is 1. The molecule has 0 radical (unpaired) electrons. The van der Waals surface area contributed by atoms with Crippen molar-refractivity contribution in [1.82, 2.24) is 4.98 Å². The van der Waals surface area contributed by atoms with Crippen LogP contribution in [0.3, 0.4) is 0 Å². The molecule has 0 aliphatic rings. The lowest BCUT2D eigenvalue weighted by molar-refractivity contribution is 0.102. The monoisotopic (exact) mass is 298 g/mol. The fourth-order valence-corrected chi connectivity index (χ4v) is 2.91. The fourth-order valence-electron chi connectivity index (χ4n) is 1.40. The molecule has 0 fully saturated rings. The minimum Gasteiger partial charge on any atom is -0.507 e. The van der Waals surface area contributed by atoms with Gasteiger partial charge in [-0.2, -0.15) is 0 Å². The van der Waals surface area contributed by atoms with E-state index in [0.717, 1.165) is 11.3 Å². The summed E-state index contributed by atoms with van der Waals surface area (Å²) < 4.78 is 21.1. The van der Waals surface area contributed by atoms with Gasteiger partial charge >= 0.3 is 0 Å². The molecule has 6 nitrogen and oxygen atoms in total. The van der Waals surface area contributed by atoms with Crippen LogP contribution in [0, 0.1) is 0 Å². The van der Waals surface area contributed by atoms with Gasteiger partial charge in [0.2, 0.25) is 0 Å². The highest BCUT2D eigenvalue weighted by Gasteiger charge is 2.12. The second-order valence-electron chi connectivity index (χ2n) is 3.59. The predicted octanol–water partition coefficient (Wildman–Crippen LogP) is 1.21. The number of amides is 1. The predicted molar refractivity (Wildman–Crippen MR) is 72.2 cm³/mol. The SMILES string of the molecule is O=C(Nc1ncc(C[SH](=O)=O)s1)c1ccccc1O. The lowest BCUT2D eigenvalue weighted by Crippen LogP contribution is -2.11. The van der Waals surface area contributed by atoms with Crippen molar-refractivity contribution in [3.8, 4) is 5.75 Å². The molecule has 0 aliphatic carbocycles. The van der Waals surface area contributed by atoms with Crippen LogP contribution in [-0.4, -0.2) is 24.4 Å². The van der Waals surface area contributed by atoms with Gasteiger partial charge in [0.25, 0.3) is 5.91 Å². The number of para-hydroxylation sites is 1. The number of hydrogen-bond donors (Lipinski definition) is 3. The largest absolute Gasteiger partial charge is 0.507 e. The van der Waals surface area contributed by atoms with Gasteiger partial charge < -0.3 is 5.11 Å². The Bertz CT molecular complexity index is 671. The zero-order valence-corrected chi connectivity index (χ0v) is 11.3. The number of anilines is 1. The molecule has 0 saturated carbocycles. The average molecular weight is 298 g/mol. The van der Waals surface area contributed by atoms with Crippen LogP contribution in [0.25, 0.3) is 0 Å². The van der Waals surface area contributed by atoms with E-state index in [1.54, 1.807) is 12.1 Å². The number of carbonyl (C=O) groups is 1. The molecule has 2 rings (SSSR count). The molecule has 19 heavy (non-hydrogen) atoms. The Morgan fingerprint density at radius 2 is 2.11 bits per heavy atom.